The molecule has 2 nitrogen and oxygen atoms in total. The monoisotopic (exact) mass is 291 g/mol. The van der Waals surface area contributed by atoms with Crippen LogP contribution in [0.4, 0.5) is 0 Å². The highest BCUT2D eigenvalue weighted by atomic mass is 35.5. The number of phenolic OH excluding ortho intramolecular Hbond substituents is 1. The van der Waals surface area contributed by atoms with E-state index in [4.69, 9.17) is 43.7 Å². The molecule has 0 amide bonds. The SMILES string of the molecule is [2H]c1c([2H])c(Oc2ccc(Cl)cc2O)c(Cl)c([2H])c1Cl. The molecule has 0 aromatic heterocycles. The molecule has 0 radical (unpaired) electrons. The first-order valence-corrected chi connectivity index (χ1v) is 5.57. The number of hydrogen-bond donors (Lipinski definition) is 1. The lowest BCUT2D eigenvalue weighted by molar-refractivity contribution is 0.411. The minimum Gasteiger partial charge on any atom is -0.504 e. The van der Waals surface area contributed by atoms with Gasteiger partial charge >= 0.3 is 0 Å². The summed E-state index contributed by atoms with van der Waals surface area (Å²) >= 11 is 17.3. The lowest BCUT2D eigenvalue weighted by atomic mass is 10.3. The van der Waals surface area contributed by atoms with Crippen LogP contribution in [0, 0.1) is 0 Å². The number of ether oxygens (including phenoxy) is 1. The van der Waals surface area contributed by atoms with Crippen LogP contribution in [0.3, 0.4) is 0 Å². The Morgan fingerprint density at radius 3 is 2.53 bits per heavy atom. The molecule has 0 bridgehead atoms. The summed E-state index contributed by atoms with van der Waals surface area (Å²) in [5.41, 5.74) is 0. The van der Waals surface area contributed by atoms with Crippen molar-refractivity contribution in [1.29, 1.82) is 0 Å². The van der Waals surface area contributed by atoms with E-state index in [-0.39, 0.29) is 45.4 Å². The summed E-state index contributed by atoms with van der Waals surface area (Å²) in [4.78, 5) is 0. The van der Waals surface area contributed by atoms with Gasteiger partial charge in [-0.25, -0.2) is 0 Å². The van der Waals surface area contributed by atoms with Crippen LogP contribution in [0.1, 0.15) is 4.11 Å². The first kappa shape index (κ1) is 8.92. The average molecular weight is 293 g/mol. The van der Waals surface area contributed by atoms with Crippen LogP contribution in [0.15, 0.2) is 36.3 Å². The number of hydrogen-bond acceptors (Lipinski definition) is 2. The second-order valence-electron chi connectivity index (χ2n) is 3.05. The molecule has 0 atom stereocenters. The molecule has 0 aliphatic heterocycles. The standard InChI is InChI=1S/C12H7Cl3O2/c13-7-1-3-11(9(15)5-7)17-12-4-2-8(14)6-10(12)16/h1-6,16H/i1D,3D,5D. The lowest BCUT2D eigenvalue weighted by Crippen LogP contribution is -1.86. The predicted molar refractivity (Wildman–Crippen MR) is 69.7 cm³/mol. The molecule has 0 unspecified atom stereocenters. The molecule has 0 spiro atoms. The zero-order valence-corrected chi connectivity index (χ0v) is 10.5. The second kappa shape index (κ2) is 5.05. The van der Waals surface area contributed by atoms with E-state index >= 15 is 0 Å². The Kier molecular flexibility index (Phi) is 2.65. The van der Waals surface area contributed by atoms with E-state index in [2.05, 4.69) is 0 Å². The largest absolute Gasteiger partial charge is 0.504 e. The Balaban J connectivity index is 2.54. The zero-order chi connectivity index (χ0) is 15.0. The molecule has 1 N–H and O–H groups in total. The van der Waals surface area contributed by atoms with Gasteiger partial charge in [-0.05, 0) is 30.3 Å². The molecule has 0 aliphatic carbocycles. The Bertz CT molecular complexity index is 663. The van der Waals surface area contributed by atoms with Gasteiger partial charge in [-0.2, -0.15) is 0 Å². The van der Waals surface area contributed by atoms with Crippen LogP contribution in [0.2, 0.25) is 15.1 Å². The predicted octanol–water partition coefficient (Wildman–Crippen LogP) is 5.14. The maximum atomic E-state index is 9.69. The van der Waals surface area contributed by atoms with Crippen LogP contribution in [0.5, 0.6) is 17.2 Å². The quantitative estimate of drug-likeness (QED) is 0.830. The number of aromatic hydroxyl groups is 1. The third kappa shape index (κ3) is 2.97. The summed E-state index contributed by atoms with van der Waals surface area (Å²) < 4.78 is 28.3. The van der Waals surface area contributed by atoms with Crippen molar-refractivity contribution < 1.29 is 14.0 Å². The Morgan fingerprint density at radius 1 is 1.06 bits per heavy atom. The van der Waals surface area contributed by atoms with Crippen molar-refractivity contribution in [3.8, 4) is 17.2 Å². The van der Waals surface area contributed by atoms with Crippen LogP contribution in [-0.2, 0) is 0 Å². The van der Waals surface area contributed by atoms with Gasteiger partial charge in [-0.15, -0.1) is 0 Å². The minimum absolute atomic E-state index is 0.00548. The van der Waals surface area contributed by atoms with Gasteiger partial charge in [-0.3, -0.25) is 0 Å². The highest BCUT2D eigenvalue weighted by molar-refractivity contribution is 6.35. The van der Waals surface area contributed by atoms with Crippen molar-refractivity contribution in [2.45, 2.75) is 0 Å². The van der Waals surface area contributed by atoms with Crippen LogP contribution >= 0.6 is 34.8 Å². The van der Waals surface area contributed by atoms with Crippen molar-refractivity contribution >= 4 is 34.8 Å². The van der Waals surface area contributed by atoms with Gasteiger partial charge in [-0.1, -0.05) is 34.8 Å². The van der Waals surface area contributed by atoms with Crippen molar-refractivity contribution in [2.24, 2.45) is 0 Å². The van der Waals surface area contributed by atoms with Crippen molar-refractivity contribution in [3.05, 3.63) is 51.4 Å². The normalized spacial score (nSPS) is 12.8. The lowest BCUT2D eigenvalue weighted by Gasteiger charge is -2.09. The second-order valence-corrected chi connectivity index (χ2v) is 4.24. The van der Waals surface area contributed by atoms with E-state index in [0.717, 1.165) is 0 Å². The molecule has 2 rings (SSSR count). The molecule has 88 valence electrons. The number of halogens is 3. The zero-order valence-electron chi connectivity index (χ0n) is 11.2. The fourth-order valence-corrected chi connectivity index (χ4v) is 1.64. The Morgan fingerprint density at radius 2 is 1.82 bits per heavy atom. The summed E-state index contributed by atoms with van der Waals surface area (Å²) in [5.74, 6) is -0.462. The Labute approximate surface area is 118 Å². The highest BCUT2D eigenvalue weighted by Gasteiger charge is 2.08. The molecule has 17 heavy (non-hydrogen) atoms. The smallest absolute Gasteiger partial charge is 0.169 e. The van der Waals surface area contributed by atoms with Gasteiger partial charge in [0.05, 0.1) is 9.13 Å². The fraction of sp³-hybridized carbons (Fsp3) is 0. The third-order valence-electron chi connectivity index (χ3n) is 1.84. The summed E-state index contributed by atoms with van der Waals surface area (Å²) in [6, 6.07) is 3.07. The van der Waals surface area contributed by atoms with E-state index in [1.54, 1.807) is 0 Å². The molecule has 0 saturated carbocycles. The van der Waals surface area contributed by atoms with Gasteiger partial charge in [0.1, 0.15) is 5.75 Å². The van der Waals surface area contributed by atoms with Crippen LogP contribution in [0.25, 0.3) is 0 Å². The number of rotatable bonds is 2. The summed E-state index contributed by atoms with van der Waals surface area (Å²) in [7, 11) is 0. The topological polar surface area (TPSA) is 29.5 Å². The van der Waals surface area contributed by atoms with E-state index in [0.29, 0.717) is 5.02 Å². The summed E-state index contributed by atoms with van der Waals surface area (Å²) in [6.45, 7) is 0. The average Bonchev–Trinajstić information content (AvgIpc) is 2.41. The maximum Gasteiger partial charge on any atom is 0.169 e. The molecule has 0 heterocycles. The third-order valence-corrected chi connectivity index (χ3v) is 2.53. The Hall–Kier alpha value is -1.09. The maximum absolute atomic E-state index is 9.69. The molecular weight excluding hydrogens is 282 g/mol. The van der Waals surface area contributed by atoms with Crippen LogP contribution in [-0.4, -0.2) is 5.11 Å². The molecule has 5 heteroatoms. The van der Waals surface area contributed by atoms with Crippen molar-refractivity contribution in [1.82, 2.24) is 0 Å². The number of benzene rings is 2. The molecule has 0 saturated heterocycles. The van der Waals surface area contributed by atoms with E-state index in [1.807, 2.05) is 0 Å². The summed E-state index contributed by atoms with van der Waals surface area (Å²) in [5, 5.41) is 9.57. The van der Waals surface area contributed by atoms with Gasteiger partial charge in [0.2, 0.25) is 0 Å². The first-order valence-electron chi connectivity index (χ1n) is 5.94. The van der Waals surface area contributed by atoms with Gasteiger partial charge in [0, 0.05) is 16.1 Å². The van der Waals surface area contributed by atoms with E-state index < -0.39 is 0 Å². The minimum atomic E-state index is -0.371. The number of phenols is 1. The summed E-state index contributed by atoms with van der Waals surface area (Å²) in [6.07, 6.45) is 0. The van der Waals surface area contributed by atoms with Crippen molar-refractivity contribution in [2.75, 3.05) is 0 Å². The van der Waals surface area contributed by atoms with Gasteiger partial charge < -0.3 is 9.84 Å². The van der Waals surface area contributed by atoms with E-state index in [1.165, 1.54) is 18.2 Å². The first-order chi connectivity index (χ1) is 9.32. The van der Waals surface area contributed by atoms with E-state index in [9.17, 15) is 5.11 Å². The molecule has 2 aromatic carbocycles. The van der Waals surface area contributed by atoms with Crippen LogP contribution < -0.4 is 4.74 Å². The van der Waals surface area contributed by atoms with Gasteiger partial charge in [0.25, 0.3) is 0 Å². The molecule has 2 aromatic rings. The molecule has 0 fully saturated rings. The molecular formula is C12H7Cl3O2. The van der Waals surface area contributed by atoms with Gasteiger partial charge in [0.15, 0.2) is 11.5 Å². The fourth-order valence-electron chi connectivity index (χ4n) is 1.11. The molecule has 0 aliphatic rings. The van der Waals surface area contributed by atoms with Crippen molar-refractivity contribution in [3.63, 3.8) is 0 Å². The highest BCUT2D eigenvalue weighted by Crippen LogP contribution is 2.36.